The van der Waals surface area contributed by atoms with Gasteiger partial charge in [-0.15, -0.1) is 5.10 Å². The average molecular weight is 291 g/mol. The summed E-state index contributed by atoms with van der Waals surface area (Å²) >= 11 is 0. The molecular weight excluding hydrogens is 270 g/mol. The van der Waals surface area contributed by atoms with Crippen LogP contribution in [0.25, 0.3) is 0 Å². The first-order valence-electron chi connectivity index (χ1n) is 7.02. The lowest BCUT2D eigenvalue weighted by atomic mass is 9.90. The van der Waals surface area contributed by atoms with Gasteiger partial charge in [0.2, 0.25) is 0 Å². The van der Waals surface area contributed by atoms with Crippen molar-refractivity contribution in [3.05, 3.63) is 29.8 Å². The summed E-state index contributed by atoms with van der Waals surface area (Å²) in [5.74, 6) is -0.423. The zero-order valence-electron chi connectivity index (χ0n) is 12.9. The Balaban J connectivity index is 2.26. The highest BCUT2D eigenvalue weighted by atomic mass is 16.5. The van der Waals surface area contributed by atoms with Gasteiger partial charge in [-0.2, -0.15) is 5.10 Å². The van der Waals surface area contributed by atoms with E-state index < -0.39 is 5.97 Å². The predicted octanol–water partition coefficient (Wildman–Crippen LogP) is 1.65. The van der Waals surface area contributed by atoms with Gasteiger partial charge >= 0.3 is 5.97 Å². The normalized spacial score (nSPS) is 11.6. The molecule has 0 atom stereocenters. The molecule has 2 aromatic rings. The van der Waals surface area contributed by atoms with E-state index in [2.05, 4.69) is 15.4 Å². The molecule has 0 saturated carbocycles. The van der Waals surface area contributed by atoms with Crippen LogP contribution >= 0.6 is 0 Å². The number of carbonyl (C=O) groups is 1. The minimum atomic E-state index is -0.423. The topological polar surface area (TPSA) is 74.8 Å². The Morgan fingerprint density at radius 2 is 2.10 bits per heavy atom. The van der Waals surface area contributed by atoms with Crippen LogP contribution in [-0.4, -0.2) is 37.4 Å². The molecule has 114 valence electrons. The first kappa shape index (κ1) is 15.2. The third-order valence-corrected chi connectivity index (χ3v) is 3.01. The molecular formula is C14H21N5O2. The molecule has 0 saturated heterocycles. The number of nitrogens with zero attached hydrogens (tertiary/aromatic N) is 5. The Labute approximate surface area is 123 Å². The molecule has 0 amide bonds. The molecule has 2 rings (SSSR count). The lowest BCUT2D eigenvalue weighted by Gasteiger charge is -2.20. The van der Waals surface area contributed by atoms with E-state index in [0.29, 0.717) is 25.4 Å². The van der Waals surface area contributed by atoms with Crippen molar-refractivity contribution in [2.75, 3.05) is 6.61 Å². The largest absolute Gasteiger partial charge is 0.461 e. The Hall–Kier alpha value is -2.18. The predicted molar refractivity (Wildman–Crippen MR) is 76.9 cm³/mol. The van der Waals surface area contributed by atoms with E-state index in [9.17, 15) is 4.79 Å². The number of esters is 1. The highest BCUT2D eigenvalue weighted by molar-refractivity contribution is 5.88. The molecule has 0 N–H and O–H groups in total. The maximum absolute atomic E-state index is 12.0. The molecule has 7 heteroatoms. The highest BCUT2D eigenvalue weighted by Gasteiger charge is 2.29. The van der Waals surface area contributed by atoms with E-state index >= 15 is 0 Å². The van der Waals surface area contributed by atoms with Crippen molar-refractivity contribution >= 4 is 5.97 Å². The number of aromatic nitrogens is 5. The van der Waals surface area contributed by atoms with Crippen LogP contribution in [0.3, 0.4) is 0 Å². The van der Waals surface area contributed by atoms with Gasteiger partial charge in [-0.1, -0.05) is 26.0 Å². The Kier molecular flexibility index (Phi) is 4.40. The molecule has 0 aromatic carbocycles. The van der Waals surface area contributed by atoms with Crippen LogP contribution in [-0.2, 0) is 23.2 Å². The van der Waals surface area contributed by atoms with E-state index in [1.54, 1.807) is 17.8 Å². The van der Waals surface area contributed by atoms with Gasteiger partial charge in [-0.25, -0.2) is 9.48 Å². The summed E-state index contributed by atoms with van der Waals surface area (Å²) < 4.78 is 8.63. The first-order valence-corrected chi connectivity index (χ1v) is 7.02. The Morgan fingerprint density at radius 1 is 1.33 bits per heavy atom. The molecule has 0 aliphatic heterocycles. The number of ether oxygens (including phenoxy) is 1. The SMILES string of the molecule is CCOC(=O)c1nnn(CCn2cccn2)c1C(C)(C)C. The molecule has 2 heterocycles. The zero-order valence-corrected chi connectivity index (χ0v) is 12.9. The molecule has 0 aliphatic rings. The Bertz CT molecular complexity index is 595. The summed E-state index contributed by atoms with van der Waals surface area (Å²) in [7, 11) is 0. The van der Waals surface area contributed by atoms with Crippen molar-refractivity contribution in [2.24, 2.45) is 0 Å². The van der Waals surface area contributed by atoms with Gasteiger partial charge < -0.3 is 4.74 Å². The summed E-state index contributed by atoms with van der Waals surface area (Å²) in [6, 6.07) is 1.87. The highest BCUT2D eigenvalue weighted by Crippen LogP contribution is 2.25. The van der Waals surface area contributed by atoms with Crippen LogP contribution in [0.4, 0.5) is 0 Å². The molecule has 21 heavy (non-hydrogen) atoms. The van der Waals surface area contributed by atoms with Crippen molar-refractivity contribution in [2.45, 2.75) is 46.2 Å². The Morgan fingerprint density at radius 3 is 2.67 bits per heavy atom. The van der Waals surface area contributed by atoms with Crippen molar-refractivity contribution in [3.63, 3.8) is 0 Å². The maximum Gasteiger partial charge on any atom is 0.360 e. The summed E-state index contributed by atoms with van der Waals surface area (Å²) in [4.78, 5) is 12.0. The van der Waals surface area contributed by atoms with Crippen LogP contribution < -0.4 is 0 Å². The third kappa shape index (κ3) is 3.48. The van der Waals surface area contributed by atoms with Crippen LogP contribution in [0.15, 0.2) is 18.5 Å². The number of hydrogen-bond acceptors (Lipinski definition) is 5. The van der Waals surface area contributed by atoms with Crippen LogP contribution in [0.5, 0.6) is 0 Å². The quantitative estimate of drug-likeness (QED) is 0.783. The number of rotatable bonds is 5. The average Bonchev–Trinajstić information content (AvgIpc) is 3.05. The summed E-state index contributed by atoms with van der Waals surface area (Å²) in [6.45, 7) is 9.44. The van der Waals surface area contributed by atoms with Gasteiger partial charge in [-0.05, 0) is 13.0 Å². The second kappa shape index (κ2) is 6.07. The van der Waals surface area contributed by atoms with Crippen molar-refractivity contribution < 1.29 is 9.53 Å². The minimum absolute atomic E-state index is 0.254. The first-order chi connectivity index (χ1) is 9.93. The van der Waals surface area contributed by atoms with Crippen molar-refractivity contribution in [3.8, 4) is 0 Å². The van der Waals surface area contributed by atoms with Crippen molar-refractivity contribution in [1.82, 2.24) is 24.8 Å². The fraction of sp³-hybridized carbons (Fsp3) is 0.571. The van der Waals surface area contributed by atoms with E-state index in [1.165, 1.54) is 0 Å². The van der Waals surface area contributed by atoms with Crippen LogP contribution in [0.1, 0.15) is 43.9 Å². The van der Waals surface area contributed by atoms with Gasteiger partial charge in [0.05, 0.1) is 25.4 Å². The van der Waals surface area contributed by atoms with Crippen LogP contribution in [0, 0.1) is 0 Å². The molecule has 0 fully saturated rings. The lowest BCUT2D eigenvalue weighted by Crippen LogP contribution is -2.24. The number of hydrogen-bond donors (Lipinski definition) is 0. The van der Waals surface area contributed by atoms with Crippen molar-refractivity contribution in [1.29, 1.82) is 0 Å². The number of aryl methyl sites for hydroxylation is 2. The van der Waals surface area contributed by atoms with E-state index in [0.717, 1.165) is 5.69 Å². The van der Waals surface area contributed by atoms with Gasteiger partial charge in [0.1, 0.15) is 0 Å². The minimum Gasteiger partial charge on any atom is -0.461 e. The molecule has 0 bridgehead atoms. The molecule has 2 aromatic heterocycles. The van der Waals surface area contributed by atoms with Gasteiger partial charge in [0, 0.05) is 17.8 Å². The smallest absolute Gasteiger partial charge is 0.360 e. The third-order valence-electron chi connectivity index (χ3n) is 3.01. The maximum atomic E-state index is 12.0. The van der Waals surface area contributed by atoms with Crippen LogP contribution in [0.2, 0.25) is 0 Å². The monoisotopic (exact) mass is 291 g/mol. The molecule has 0 radical (unpaired) electrons. The zero-order chi connectivity index (χ0) is 15.5. The summed E-state index contributed by atoms with van der Waals surface area (Å²) in [6.07, 6.45) is 3.62. The standard InChI is InChI=1S/C14H21N5O2/c1-5-21-13(20)11-12(14(2,3)4)19(17-16-11)10-9-18-8-6-7-15-18/h6-8H,5,9-10H2,1-4H3. The summed E-state index contributed by atoms with van der Waals surface area (Å²) in [5, 5.41) is 12.3. The molecule has 7 nitrogen and oxygen atoms in total. The van der Waals surface area contributed by atoms with E-state index in [1.807, 2.05) is 37.7 Å². The molecule has 0 spiro atoms. The van der Waals surface area contributed by atoms with Gasteiger partial charge in [-0.3, -0.25) is 4.68 Å². The molecule has 0 unspecified atom stereocenters. The van der Waals surface area contributed by atoms with E-state index in [4.69, 9.17) is 4.74 Å². The second-order valence-corrected chi connectivity index (χ2v) is 5.75. The molecule has 0 aliphatic carbocycles. The lowest BCUT2D eigenvalue weighted by molar-refractivity contribution is 0.0516. The van der Waals surface area contributed by atoms with E-state index in [-0.39, 0.29) is 5.41 Å². The van der Waals surface area contributed by atoms with Gasteiger partial charge in [0.15, 0.2) is 5.69 Å². The fourth-order valence-electron chi connectivity index (χ4n) is 2.18. The summed E-state index contributed by atoms with van der Waals surface area (Å²) in [5.41, 5.74) is 0.827. The fourth-order valence-corrected chi connectivity index (χ4v) is 2.18. The second-order valence-electron chi connectivity index (χ2n) is 5.75. The number of carbonyl (C=O) groups excluding carboxylic acids is 1. The van der Waals surface area contributed by atoms with Gasteiger partial charge in [0.25, 0.3) is 0 Å².